The minimum Gasteiger partial charge on any atom is -0.255 e. The van der Waals surface area contributed by atoms with E-state index in [9.17, 15) is 0 Å². The molecule has 4 aromatic heterocycles. The molecule has 0 aliphatic heterocycles. The first kappa shape index (κ1) is 28.8. The van der Waals surface area contributed by atoms with E-state index in [0.717, 1.165) is 61.7 Å². The molecule has 0 aliphatic rings. The largest absolute Gasteiger partial charge is 0.255 e. The summed E-state index contributed by atoms with van der Waals surface area (Å²) in [7, 11) is 0. The predicted molar refractivity (Wildman–Crippen MR) is 191 cm³/mol. The number of pyridine rings is 3. The molecule has 6 nitrogen and oxygen atoms in total. The normalized spacial score (nSPS) is 10.9. The Morgan fingerprint density at radius 3 is 1.29 bits per heavy atom. The first-order valence-electron chi connectivity index (χ1n) is 15.7. The second-order valence-electron chi connectivity index (χ2n) is 11.2. The van der Waals surface area contributed by atoms with Crippen molar-refractivity contribution in [1.82, 2.24) is 29.9 Å². The van der Waals surface area contributed by atoms with Crippen LogP contribution in [0.1, 0.15) is 0 Å². The topological polar surface area (TPSA) is 77.3 Å². The lowest BCUT2D eigenvalue weighted by atomic mass is 9.93. The number of rotatable bonds is 7. The lowest BCUT2D eigenvalue weighted by molar-refractivity contribution is 1.07. The van der Waals surface area contributed by atoms with Gasteiger partial charge in [0.2, 0.25) is 0 Å². The molecule has 0 bridgehead atoms. The Morgan fingerprint density at radius 1 is 0.292 bits per heavy atom. The van der Waals surface area contributed by atoms with Gasteiger partial charge in [0.05, 0.1) is 22.8 Å². The molecule has 0 saturated carbocycles. The highest BCUT2D eigenvalue weighted by molar-refractivity contribution is 5.86. The van der Waals surface area contributed by atoms with E-state index in [2.05, 4.69) is 65.6 Å². The first-order valence-corrected chi connectivity index (χ1v) is 15.7. The number of hydrogen-bond donors (Lipinski definition) is 0. The van der Waals surface area contributed by atoms with Gasteiger partial charge in [-0.25, -0.2) is 19.9 Å². The molecular weight excluding hydrogens is 589 g/mol. The van der Waals surface area contributed by atoms with Crippen LogP contribution < -0.4 is 0 Å². The Kier molecular flexibility index (Phi) is 7.79. The highest BCUT2D eigenvalue weighted by Gasteiger charge is 2.16. The number of hydrogen-bond acceptors (Lipinski definition) is 6. The van der Waals surface area contributed by atoms with E-state index in [1.165, 1.54) is 0 Å². The van der Waals surface area contributed by atoms with Crippen LogP contribution >= 0.6 is 0 Å². The van der Waals surface area contributed by atoms with Crippen LogP contribution in [0.4, 0.5) is 0 Å². The van der Waals surface area contributed by atoms with Gasteiger partial charge in [-0.2, -0.15) is 0 Å². The highest BCUT2D eigenvalue weighted by atomic mass is 15.0. The molecule has 8 aromatic rings. The number of aromatic nitrogens is 6. The second-order valence-corrected chi connectivity index (χ2v) is 11.2. The fraction of sp³-hybridized carbons (Fsp3) is 0. The third kappa shape index (κ3) is 5.98. The average Bonchev–Trinajstić information content (AvgIpc) is 3.19. The number of nitrogens with zero attached hydrogens (tertiary/aromatic N) is 6. The molecule has 0 spiro atoms. The molecule has 0 aliphatic carbocycles. The van der Waals surface area contributed by atoms with Gasteiger partial charge in [0.15, 0.2) is 17.5 Å². The molecular formula is C42H28N6. The molecule has 0 N–H and O–H groups in total. The fourth-order valence-electron chi connectivity index (χ4n) is 5.68. The second kappa shape index (κ2) is 13.0. The first-order chi connectivity index (χ1) is 23.8. The molecule has 0 saturated heterocycles. The van der Waals surface area contributed by atoms with Crippen molar-refractivity contribution >= 4 is 0 Å². The summed E-state index contributed by atoms with van der Waals surface area (Å²) in [5, 5.41) is 0. The van der Waals surface area contributed by atoms with E-state index < -0.39 is 0 Å². The standard InChI is InChI=1S/C42H28N6/c1-4-14-29(15-5-1)34-20-10-11-21-35(34)33-26-38(36-22-12-13-25-43-36)45-39(27-33)37-24-23-32(28-44-37)42-47-40(30-16-6-2-7-17-30)46-41(48-42)31-18-8-3-9-19-31/h1-28H. The Labute approximate surface area is 278 Å². The summed E-state index contributed by atoms with van der Waals surface area (Å²) < 4.78 is 0. The van der Waals surface area contributed by atoms with E-state index >= 15 is 0 Å². The Hall–Kier alpha value is -6.66. The smallest absolute Gasteiger partial charge is 0.165 e. The summed E-state index contributed by atoms with van der Waals surface area (Å²) in [4.78, 5) is 29.1. The molecule has 226 valence electrons. The van der Waals surface area contributed by atoms with Gasteiger partial charge in [0.25, 0.3) is 0 Å². The van der Waals surface area contributed by atoms with Crippen LogP contribution in [0.15, 0.2) is 170 Å². The summed E-state index contributed by atoms with van der Waals surface area (Å²) in [6, 6.07) is 52.8. The lowest BCUT2D eigenvalue weighted by Crippen LogP contribution is -2.00. The van der Waals surface area contributed by atoms with Crippen molar-refractivity contribution in [2.75, 3.05) is 0 Å². The van der Waals surface area contributed by atoms with Crippen molar-refractivity contribution in [3.8, 4) is 79.2 Å². The van der Waals surface area contributed by atoms with Crippen molar-refractivity contribution < 1.29 is 0 Å². The molecule has 4 aromatic carbocycles. The van der Waals surface area contributed by atoms with Crippen molar-refractivity contribution in [3.05, 3.63) is 170 Å². The molecule has 0 amide bonds. The molecule has 6 heteroatoms. The van der Waals surface area contributed by atoms with Gasteiger partial charge in [0, 0.05) is 29.1 Å². The third-order valence-electron chi connectivity index (χ3n) is 8.06. The van der Waals surface area contributed by atoms with Crippen LogP contribution in [0.5, 0.6) is 0 Å². The Bertz CT molecular complexity index is 2250. The number of benzene rings is 4. The summed E-state index contributed by atoms with van der Waals surface area (Å²) >= 11 is 0. The van der Waals surface area contributed by atoms with E-state index in [1.54, 1.807) is 12.4 Å². The SMILES string of the molecule is c1ccc(-c2nc(-c3ccccc3)nc(-c3ccc(-c4cc(-c5ccccc5-c5ccccc5)cc(-c5ccccn5)n4)nc3)n2)cc1. The summed E-state index contributed by atoms with van der Waals surface area (Å²) in [6.45, 7) is 0. The van der Waals surface area contributed by atoms with Crippen molar-refractivity contribution in [1.29, 1.82) is 0 Å². The van der Waals surface area contributed by atoms with Crippen LogP contribution in [0, 0.1) is 0 Å². The van der Waals surface area contributed by atoms with Gasteiger partial charge < -0.3 is 0 Å². The monoisotopic (exact) mass is 616 g/mol. The minimum atomic E-state index is 0.550. The fourth-order valence-corrected chi connectivity index (χ4v) is 5.68. The maximum atomic E-state index is 5.05. The molecule has 0 radical (unpaired) electrons. The molecule has 0 unspecified atom stereocenters. The molecule has 0 fully saturated rings. The quantitative estimate of drug-likeness (QED) is 0.177. The van der Waals surface area contributed by atoms with Crippen molar-refractivity contribution in [2.24, 2.45) is 0 Å². The van der Waals surface area contributed by atoms with Crippen molar-refractivity contribution in [3.63, 3.8) is 0 Å². The van der Waals surface area contributed by atoms with E-state index in [4.69, 9.17) is 24.9 Å². The molecule has 0 atom stereocenters. The van der Waals surface area contributed by atoms with Crippen molar-refractivity contribution in [2.45, 2.75) is 0 Å². The zero-order chi connectivity index (χ0) is 32.1. The minimum absolute atomic E-state index is 0.550. The van der Waals surface area contributed by atoms with Gasteiger partial charge in [-0.15, -0.1) is 0 Å². The van der Waals surface area contributed by atoms with Gasteiger partial charge in [-0.1, -0.05) is 121 Å². The van der Waals surface area contributed by atoms with Gasteiger partial charge in [0.1, 0.15) is 0 Å². The highest BCUT2D eigenvalue weighted by Crippen LogP contribution is 2.35. The zero-order valence-corrected chi connectivity index (χ0v) is 25.8. The zero-order valence-electron chi connectivity index (χ0n) is 25.8. The van der Waals surface area contributed by atoms with E-state index in [1.807, 2.05) is 97.1 Å². The Morgan fingerprint density at radius 2 is 0.771 bits per heavy atom. The van der Waals surface area contributed by atoms with E-state index in [-0.39, 0.29) is 0 Å². The summed E-state index contributed by atoms with van der Waals surface area (Å²) in [6.07, 6.45) is 3.59. The van der Waals surface area contributed by atoms with E-state index in [0.29, 0.717) is 17.5 Å². The molecule has 4 heterocycles. The van der Waals surface area contributed by atoms with Crippen LogP contribution in [0.3, 0.4) is 0 Å². The predicted octanol–water partition coefficient (Wildman–Crippen LogP) is 9.73. The summed E-state index contributed by atoms with van der Waals surface area (Å²) in [5.41, 5.74) is 10.1. The van der Waals surface area contributed by atoms with Crippen LogP contribution in [0.2, 0.25) is 0 Å². The van der Waals surface area contributed by atoms with Gasteiger partial charge in [-0.05, 0) is 58.7 Å². The van der Waals surface area contributed by atoms with Gasteiger partial charge >= 0.3 is 0 Å². The van der Waals surface area contributed by atoms with Crippen LogP contribution in [0.25, 0.3) is 79.2 Å². The Balaban J connectivity index is 1.23. The average molecular weight is 617 g/mol. The third-order valence-corrected chi connectivity index (χ3v) is 8.06. The maximum Gasteiger partial charge on any atom is 0.165 e. The van der Waals surface area contributed by atoms with Gasteiger partial charge in [-0.3, -0.25) is 9.97 Å². The van der Waals surface area contributed by atoms with Crippen LogP contribution in [-0.2, 0) is 0 Å². The molecule has 48 heavy (non-hydrogen) atoms. The van der Waals surface area contributed by atoms with Crippen LogP contribution in [-0.4, -0.2) is 29.9 Å². The lowest BCUT2D eigenvalue weighted by Gasteiger charge is -2.13. The molecule has 8 rings (SSSR count). The maximum absolute atomic E-state index is 5.05. The summed E-state index contributed by atoms with van der Waals surface area (Å²) in [5.74, 6) is 1.76.